The number of carbonyl (C=O) groups is 2. The Bertz CT molecular complexity index is 1440. The van der Waals surface area contributed by atoms with E-state index in [4.69, 9.17) is 4.74 Å². The van der Waals surface area contributed by atoms with E-state index in [1.54, 1.807) is 12.1 Å². The number of carbonyl (C=O) groups excluding carboxylic acids is 2. The second kappa shape index (κ2) is 8.71. The summed E-state index contributed by atoms with van der Waals surface area (Å²) in [7, 11) is 0. The summed E-state index contributed by atoms with van der Waals surface area (Å²) in [5.41, 5.74) is 2.73. The average molecular weight is 472 g/mol. The molecule has 0 aliphatic heterocycles. The van der Waals surface area contributed by atoms with Crippen LogP contribution >= 0.6 is 0 Å². The van der Waals surface area contributed by atoms with Crippen LogP contribution in [0.3, 0.4) is 0 Å². The number of hydrogen-bond donors (Lipinski definition) is 2. The fourth-order valence-corrected chi connectivity index (χ4v) is 3.56. The summed E-state index contributed by atoms with van der Waals surface area (Å²) in [6.07, 6.45) is 3.68. The van der Waals surface area contributed by atoms with Crippen molar-refractivity contribution in [3.63, 3.8) is 0 Å². The highest BCUT2D eigenvalue weighted by atomic mass is 19.1. The van der Waals surface area contributed by atoms with Gasteiger partial charge < -0.3 is 15.4 Å². The van der Waals surface area contributed by atoms with Crippen LogP contribution in [0.1, 0.15) is 24.1 Å². The lowest BCUT2D eigenvalue weighted by Gasteiger charge is -2.15. The number of fused-ring (bicyclic) bond motifs is 1. The largest absolute Gasteiger partial charge is 0.418 e. The topological polar surface area (TPSA) is 119 Å². The Morgan fingerprint density at radius 1 is 0.943 bits per heavy atom. The third-order valence-corrected chi connectivity index (χ3v) is 5.94. The summed E-state index contributed by atoms with van der Waals surface area (Å²) in [6, 6.07) is 10.5. The zero-order valence-electron chi connectivity index (χ0n) is 19.0. The minimum absolute atomic E-state index is 0.262. The maximum atomic E-state index is 13.1. The SMILES string of the molecule is Cc1cc2ncnc(Oc3ccc(NC(=O)C4(C(=O)Nc5ccc(F)cc5)CC4)cn3)c2nc1C. The third kappa shape index (κ3) is 4.50. The van der Waals surface area contributed by atoms with Crippen molar-refractivity contribution in [2.45, 2.75) is 26.7 Å². The molecular formula is C25H21FN6O3. The quantitative estimate of drug-likeness (QED) is 0.401. The van der Waals surface area contributed by atoms with Gasteiger partial charge in [-0.15, -0.1) is 0 Å². The maximum absolute atomic E-state index is 13.1. The van der Waals surface area contributed by atoms with E-state index in [1.807, 2.05) is 19.9 Å². The van der Waals surface area contributed by atoms with Crippen LogP contribution in [0.5, 0.6) is 11.8 Å². The van der Waals surface area contributed by atoms with Crippen molar-refractivity contribution >= 4 is 34.2 Å². The lowest BCUT2D eigenvalue weighted by molar-refractivity contribution is -0.131. The number of rotatable bonds is 6. The predicted molar refractivity (Wildman–Crippen MR) is 126 cm³/mol. The molecule has 1 fully saturated rings. The van der Waals surface area contributed by atoms with Gasteiger partial charge in [-0.1, -0.05) is 0 Å². The van der Waals surface area contributed by atoms with Crippen molar-refractivity contribution in [3.8, 4) is 11.8 Å². The standard InChI is InChI=1S/C25H21FN6O3/c1-14-11-19-21(30-15(14)2)22(29-13-28-19)35-20-8-7-18(12-27-20)32-24(34)25(9-10-25)23(33)31-17-5-3-16(26)4-6-17/h3-8,11-13H,9-10H2,1-2H3,(H,31,33)(H,32,34). The van der Waals surface area contributed by atoms with E-state index in [0.717, 1.165) is 11.3 Å². The minimum atomic E-state index is -1.16. The fourth-order valence-electron chi connectivity index (χ4n) is 3.56. The number of anilines is 2. The Balaban J connectivity index is 1.26. The summed E-state index contributed by atoms with van der Waals surface area (Å²) in [4.78, 5) is 42.7. The molecule has 0 radical (unpaired) electrons. The first kappa shape index (κ1) is 22.3. The number of amides is 2. The molecule has 3 aromatic heterocycles. The molecule has 35 heavy (non-hydrogen) atoms. The zero-order chi connectivity index (χ0) is 24.6. The molecule has 5 rings (SSSR count). The summed E-state index contributed by atoms with van der Waals surface area (Å²) in [5, 5.41) is 5.42. The van der Waals surface area contributed by atoms with Gasteiger partial charge >= 0.3 is 0 Å². The Morgan fingerprint density at radius 2 is 1.63 bits per heavy atom. The first-order valence-electron chi connectivity index (χ1n) is 11.0. The molecule has 1 aliphatic rings. The van der Waals surface area contributed by atoms with Crippen LogP contribution in [-0.4, -0.2) is 31.8 Å². The highest BCUT2D eigenvalue weighted by Gasteiger charge is 2.56. The average Bonchev–Trinajstić information content (AvgIpc) is 3.65. The number of aromatic nitrogens is 4. The Morgan fingerprint density at radius 3 is 2.29 bits per heavy atom. The predicted octanol–water partition coefficient (Wildman–Crippen LogP) is 4.33. The number of benzene rings is 1. The number of halogens is 1. The van der Waals surface area contributed by atoms with Crippen molar-refractivity contribution < 1.29 is 18.7 Å². The van der Waals surface area contributed by atoms with E-state index < -0.39 is 23.0 Å². The molecule has 2 N–H and O–H groups in total. The number of ether oxygens (including phenoxy) is 1. The lowest BCUT2D eigenvalue weighted by atomic mass is 10.0. The normalized spacial score (nSPS) is 13.8. The molecule has 0 bridgehead atoms. The number of aryl methyl sites for hydroxylation is 2. The summed E-state index contributed by atoms with van der Waals surface area (Å²) >= 11 is 0. The first-order chi connectivity index (χ1) is 16.8. The number of nitrogens with zero attached hydrogens (tertiary/aromatic N) is 4. The van der Waals surface area contributed by atoms with Crippen molar-refractivity contribution in [1.29, 1.82) is 0 Å². The Hall–Kier alpha value is -4.47. The van der Waals surface area contributed by atoms with Gasteiger partial charge in [0.1, 0.15) is 17.6 Å². The Kier molecular flexibility index (Phi) is 5.56. The van der Waals surface area contributed by atoms with Crippen molar-refractivity contribution in [1.82, 2.24) is 19.9 Å². The van der Waals surface area contributed by atoms with Crippen LogP contribution in [0.25, 0.3) is 11.0 Å². The first-order valence-corrected chi connectivity index (χ1v) is 11.0. The van der Waals surface area contributed by atoms with Crippen molar-refractivity contribution in [2.75, 3.05) is 10.6 Å². The molecule has 2 amide bonds. The van der Waals surface area contributed by atoms with E-state index >= 15 is 0 Å². The van der Waals surface area contributed by atoms with Crippen LogP contribution in [-0.2, 0) is 9.59 Å². The van der Waals surface area contributed by atoms with Crippen LogP contribution in [0.2, 0.25) is 0 Å². The summed E-state index contributed by atoms with van der Waals surface area (Å²) < 4.78 is 18.9. The maximum Gasteiger partial charge on any atom is 0.250 e. The molecule has 0 atom stereocenters. The molecular weight excluding hydrogens is 451 g/mol. The minimum Gasteiger partial charge on any atom is -0.418 e. The number of pyridine rings is 2. The van der Waals surface area contributed by atoms with Gasteiger partial charge in [0, 0.05) is 17.4 Å². The number of hydrogen-bond acceptors (Lipinski definition) is 7. The third-order valence-electron chi connectivity index (χ3n) is 5.94. The van der Waals surface area contributed by atoms with Gasteiger partial charge in [-0.25, -0.2) is 19.3 Å². The molecule has 4 aromatic rings. The van der Waals surface area contributed by atoms with Gasteiger partial charge in [0.05, 0.1) is 17.4 Å². The van der Waals surface area contributed by atoms with Gasteiger partial charge in [0.15, 0.2) is 5.52 Å². The van der Waals surface area contributed by atoms with Gasteiger partial charge in [-0.2, -0.15) is 4.98 Å². The van der Waals surface area contributed by atoms with E-state index in [9.17, 15) is 14.0 Å². The van der Waals surface area contributed by atoms with Crippen LogP contribution < -0.4 is 15.4 Å². The zero-order valence-corrected chi connectivity index (χ0v) is 19.0. The molecule has 1 aliphatic carbocycles. The molecule has 3 heterocycles. The van der Waals surface area contributed by atoms with Gasteiger partial charge in [-0.3, -0.25) is 9.59 Å². The molecule has 1 aromatic carbocycles. The van der Waals surface area contributed by atoms with E-state index in [1.165, 1.54) is 36.8 Å². The molecule has 176 valence electrons. The van der Waals surface area contributed by atoms with E-state index in [0.29, 0.717) is 35.2 Å². The monoisotopic (exact) mass is 472 g/mol. The van der Waals surface area contributed by atoms with Crippen molar-refractivity contribution in [3.05, 3.63) is 72.1 Å². The summed E-state index contributed by atoms with van der Waals surface area (Å²) in [5.74, 6) is -0.723. The molecule has 1 saturated carbocycles. The summed E-state index contributed by atoms with van der Waals surface area (Å²) in [6.45, 7) is 3.85. The number of nitrogens with one attached hydrogen (secondary N) is 2. The fraction of sp³-hybridized carbons (Fsp3) is 0.200. The van der Waals surface area contributed by atoms with Gasteiger partial charge in [0.25, 0.3) is 5.88 Å². The Labute approximate surface area is 199 Å². The molecule has 0 saturated heterocycles. The van der Waals surface area contributed by atoms with E-state index in [-0.39, 0.29) is 11.8 Å². The smallest absolute Gasteiger partial charge is 0.250 e. The van der Waals surface area contributed by atoms with Crippen LogP contribution in [0, 0.1) is 25.1 Å². The molecule has 10 heteroatoms. The highest BCUT2D eigenvalue weighted by molar-refractivity contribution is 6.16. The van der Waals surface area contributed by atoms with Gasteiger partial charge in [0.2, 0.25) is 17.7 Å². The molecule has 0 unspecified atom stereocenters. The molecule has 9 nitrogen and oxygen atoms in total. The van der Waals surface area contributed by atoms with E-state index in [2.05, 4.69) is 30.6 Å². The van der Waals surface area contributed by atoms with Crippen LogP contribution in [0.4, 0.5) is 15.8 Å². The van der Waals surface area contributed by atoms with Crippen LogP contribution in [0.15, 0.2) is 55.0 Å². The second-order valence-corrected chi connectivity index (χ2v) is 8.42. The lowest BCUT2D eigenvalue weighted by Crippen LogP contribution is -2.35. The highest BCUT2D eigenvalue weighted by Crippen LogP contribution is 2.47. The van der Waals surface area contributed by atoms with Gasteiger partial charge in [-0.05, 0) is 68.7 Å². The second-order valence-electron chi connectivity index (χ2n) is 8.42. The molecule has 0 spiro atoms. The van der Waals surface area contributed by atoms with Crippen molar-refractivity contribution in [2.24, 2.45) is 5.41 Å².